The molecule has 2 N–H and O–H groups in total. The van der Waals surface area contributed by atoms with Crippen molar-refractivity contribution in [1.82, 2.24) is 0 Å². The molecule has 0 saturated heterocycles. The molecule has 0 saturated carbocycles. The molecule has 0 aliphatic rings. The second-order valence-electron chi connectivity index (χ2n) is 4.49. The summed E-state index contributed by atoms with van der Waals surface area (Å²) in [7, 11) is 0. The van der Waals surface area contributed by atoms with Gasteiger partial charge in [0, 0.05) is 11.8 Å². The van der Waals surface area contributed by atoms with Gasteiger partial charge in [0.15, 0.2) is 0 Å². The van der Waals surface area contributed by atoms with E-state index in [1.54, 1.807) is 0 Å². The molecule has 2 aromatic carbocycles. The van der Waals surface area contributed by atoms with Gasteiger partial charge in [-0.05, 0) is 36.8 Å². The number of nitrogens with one attached hydrogen (secondary N) is 2. The molecule has 2 aromatic rings. The van der Waals surface area contributed by atoms with Crippen LogP contribution in [0.15, 0.2) is 36.4 Å². The number of hydrogen-bond donors (Lipinski definition) is 2. The van der Waals surface area contributed by atoms with E-state index in [1.807, 2.05) is 0 Å². The van der Waals surface area contributed by atoms with Crippen molar-refractivity contribution < 1.29 is 18.0 Å². The maximum atomic E-state index is 13.6. The molecular weight excluding hydrogens is 281 g/mol. The van der Waals surface area contributed by atoms with Crippen molar-refractivity contribution in [3.8, 4) is 0 Å². The summed E-state index contributed by atoms with van der Waals surface area (Å²) >= 11 is 0. The van der Waals surface area contributed by atoms with E-state index in [4.69, 9.17) is 0 Å². The minimum Gasteiger partial charge on any atom is -0.374 e. The molecule has 0 radical (unpaired) electrons. The lowest BCUT2D eigenvalue weighted by atomic mass is 10.2. The molecule has 0 aromatic heterocycles. The number of hydrogen-bond acceptors (Lipinski definition) is 2. The summed E-state index contributed by atoms with van der Waals surface area (Å²) in [4.78, 5) is 11.6. The molecule has 0 aliphatic carbocycles. The molecule has 0 bridgehead atoms. The number of anilines is 2. The molecular formula is C15H13F3N2O. The van der Waals surface area contributed by atoms with E-state index in [2.05, 4.69) is 10.6 Å². The van der Waals surface area contributed by atoms with Crippen LogP contribution in [0.1, 0.15) is 5.56 Å². The van der Waals surface area contributed by atoms with E-state index in [0.717, 1.165) is 18.2 Å². The monoisotopic (exact) mass is 294 g/mol. The van der Waals surface area contributed by atoms with Gasteiger partial charge in [0.05, 0.1) is 12.2 Å². The fourth-order valence-corrected chi connectivity index (χ4v) is 1.73. The average Bonchev–Trinajstić information content (AvgIpc) is 2.41. The lowest BCUT2D eigenvalue weighted by molar-refractivity contribution is -0.114. The van der Waals surface area contributed by atoms with Crippen molar-refractivity contribution >= 4 is 17.3 Å². The SMILES string of the molecule is Cc1cc(F)c(NCC(=O)Nc2cccc(F)c2)cc1F. The third-order valence-corrected chi connectivity index (χ3v) is 2.80. The second-order valence-corrected chi connectivity index (χ2v) is 4.49. The Labute approximate surface area is 119 Å². The standard InChI is InChI=1S/C15H13F3N2O/c1-9-5-13(18)14(7-12(9)17)19-8-15(21)20-11-4-2-3-10(16)6-11/h2-7,19H,8H2,1H3,(H,20,21). The van der Waals surface area contributed by atoms with Crippen LogP contribution in [0.2, 0.25) is 0 Å². The Kier molecular flexibility index (Phi) is 4.47. The van der Waals surface area contributed by atoms with Crippen molar-refractivity contribution in [3.05, 3.63) is 59.4 Å². The quantitative estimate of drug-likeness (QED) is 0.906. The summed E-state index contributed by atoms with van der Waals surface area (Å²) in [5.41, 5.74) is 0.368. The summed E-state index contributed by atoms with van der Waals surface area (Å²) in [6, 6.07) is 7.41. The predicted octanol–water partition coefficient (Wildman–Crippen LogP) is 3.46. The number of carbonyl (C=O) groups excluding carboxylic acids is 1. The summed E-state index contributed by atoms with van der Waals surface area (Å²) in [6.45, 7) is 1.18. The Hall–Kier alpha value is -2.50. The van der Waals surface area contributed by atoms with Gasteiger partial charge in [-0.2, -0.15) is 0 Å². The molecule has 110 valence electrons. The minimum atomic E-state index is -0.646. The number of benzene rings is 2. The van der Waals surface area contributed by atoms with Gasteiger partial charge in [-0.15, -0.1) is 0 Å². The largest absolute Gasteiger partial charge is 0.374 e. The maximum absolute atomic E-state index is 13.6. The number of rotatable bonds is 4. The highest BCUT2D eigenvalue weighted by Gasteiger charge is 2.09. The van der Waals surface area contributed by atoms with Gasteiger partial charge in [-0.1, -0.05) is 6.07 Å². The molecule has 0 aliphatic heterocycles. The zero-order valence-corrected chi connectivity index (χ0v) is 11.2. The first-order chi connectivity index (χ1) is 9.95. The van der Waals surface area contributed by atoms with Crippen LogP contribution in [0.25, 0.3) is 0 Å². The number of amides is 1. The molecule has 0 unspecified atom stereocenters. The van der Waals surface area contributed by atoms with Gasteiger partial charge in [-0.3, -0.25) is 4.79 Å². The molecule has 0 atom stereocenters. The highest BCUT2D eigenvalue weighted by molar-refractivity contribution is 5.93. The van der Waals surface area contributed by atoms with Crippen molar-refractivity contribution in [2.24, 2.45) is 0 Å². The maximum Gasteiger partial charge on any atom is 0.243 e. The second kappa shape index (κ2) is 6.30. The van der Waals surface area contributed by atoms with Gasteiger partial charge in [0.1, 0.15) is 17.5 Å². The molecule has 0 fully saturated rings. The van der Waals surface area contributed by atoms with Crippen LogP contribution < -0.4 is 10.6 Å². The molecule has 2 rings (SSSR count). The summed E-state index contributed by atoms with van der Waals surface area (Å²) in [5, 5.41) is 4.94. The van der Waals surface area contributed by atoms with E-state index in [0.29, 0.717) is 0 Å². The van der Waals surface area contributed by atoms with Crippen LogP contribution in [-0.2, 0) is 4.79 Å². The molecule has 1 amide bonds. The Balaban J connectivity index is 1.97. The molecule has 21 heavy (non-hydrogen) atoms. The smallest absolute Gasteiger partial charge is 0.243 e. The van der Waals surface area contributed by atoms with E-state index in [1.165, 1.54) is 25.1 Å². The molecule has 0 heterocycles. The third-order valence-electron chi connectivity index (χ3n) is 2.80. The molecule has 0 spiro atoms. The van der Waals surface area contributed by atoms with Gasteiger partial charge in [0.25, 0.3) is 0 Å². The minimum absolute atomic E-state index is 0.104. The zero-order chi connectivity index (χ0) is 15.4. The highest BCUT2D eigenvalue weighted by atomic mass is 19.1. The van der Waals surface area contributed by atoms with E-state index in [-0.39, 0.29) is 23.5 Å². The van der Waals surface area contributed by atoms with Crippen LogP contribution in [-0.4, -0.2) is 12.5 Å². The van der Waals surface area contributed by atoms with E-state index >= 15 is 0 Å². The molecule has 6 heteroatoms. The lowest BCUT2D eigenvalue weighted by Gasteiger charge is -2.09. The van der Waals surface area contributed by atoms with Crippen molar-refractivity contribution in [1.29, 1.82) is 0 Å². The Morgan fingerprint density at radius 3 is 2.57 bits per heavy atom. The van der Waals surface area contributed by atoms with Gasteiger partial charge < -0.3 is 10.6 Å². The Morgan fingerprint density at radius 2 is 1.86 bits per heavy atom. The van der Waals surface area contributed by atoms with Crippen LogP contribution in [0.4, 0.5) is 24.5 Å². The van der Waals surface area contributed by atoms with Crippen molar-refractivity contribution in [2.45, 2.75) is 6.92 Å². The van der Waals surface area contributed by atoms with Crippen LogP contribution in [0.5, 0.6) is 0 Å². The van der Waals surface area contributed by atoms with Crippen LogP contribution in [0, 0.1) is 24.4 Å². The normalized spacial score (nSPS) is 10.3. The number of carbonyl (C=O) groups is 1. The first-order valence-corrected chi connectivity index (χ1v) is 6.20. The Morgan fingerprint density at radius 1 is 1.10 bits per heavy atom. The number of aryl methyl sites for hydroxylation is 1. The summed E-state index contributed by atoms with van der Waals surface area (Å²) < 4.78 is 39.8. The van der Waals surface area contributed by atoms with Gasteiger partial charge >= 0.3 is 0 Å². The summed E-state index contributed by atoms with van der Waals surface area (Å²) in [6.07, 6.45) is 0. The van der Waals surface area contributed by atoms with Crippen LogP contribution >= 0.6 is 0 Å². The first kappa shape index (κ1) is 14.9. The third kappa shape index (κ3) is 3.98. The topological polar surface area (TPSA) is 41.1 Å². The van der Waals surface area contributed by atoms with Crippen molar-refractivity contribution in [2.75, 3.05) is 17.2 Å². The first-order valence-electron chi connectivity index (χ1n) is 6.20. The van der Waals surface area contributed by atoms with Gasteiger partial charge in [0.2, 0.25) is 5.91 Å². The molecule has 3 nitrogen and oxygen atoms in total. The fourth-order valence-electron chi connectivity index (χ4n) is 1.73. The van der Waals surface area contributed by atoms with Gasteiger partial charge in [-0.25, -0.2) is 13.2 Å². The highest BCUT2D eigenvalue weighted by Crippen LogP contribution is 2.18. The van der Waals surface area contributed by atoms with E-state index in [9.17, 15) is 18.0 Å². The van der Waals surface area contributed by atoms with Crippen LogP contribution in [0.3, 0.4) is 0 Å². The Bertz CT molecular complexity index is 674. The zero-order valence-electron chi connectivity index (χ0n) is 11.2. The fraction of sp³-hybridized carbons (Fsp3) is 0.133. The van der Waals surface area contributed by atoms with Crippen molar-refractivity contribution in [3.63, 3.8) is 0 Å². The number of halogens is 3. The van der Waals surface area contributed by atoms with E-state index < -0.39 is 23.4 Å². The lowest BCUT2D eigenvalue weighted by Crippen LogP contribution is -2.22. The summed E-state index contributed by atoms with van der Waals surface area (Å²) in [5.74, 6) is -2.19. The average molecular weight is 294 g/mol. The predicted molar refractivity (Wildman–Crippen MR) is 74.6 cm³/mol.